The number of amides is 1. The zero-order chi connectivity index (χ0) is 16.2. The summed E-state index contributed by atoms with van der Waals surface area (Å²) in [5.41, 5.74) is 3.02. The molecule has 0 saturated carbocycles. The lowest BCUT2D eigenvalue weighted by Gasteiger charge is -2.25. The van der Waals surface area contributed by atoms with E-state index in [0.29, 0.717) is 0 Å². The number of rotatable bonds is 3. The van der Waals surface area contributed by atoms with E-state index in [-0.39, 0.29) is 17.8 Å². The molecule has 0 fully saturated rings. The lowest BCUT2D eigenvalue weighted by atomic mass is 10.0. The lowest BCUT2D eigenvalue weighted by Crippen LogP contribution is -2.29. The number of halogens is 1. The molecular weight excluding hydrogens is 309 g/mol. The molecule has 2 nitrogen and oxygen atoms in total. The smallest absolute Gasteiger partial charge is 0.244 e. The Kier molecular flexibility index (Phi) is 4.82. The van der Waals surface area contributed by atoms with Gasteiger partial charge in [-0.1, -0.05) is 29.8 Å². The van der Waals surface area contributed by atoms with E-state index in [0.717, 1.165) is 33.8 Å². The minimum absolute atomic E-state index is 0.128. The van der Waals surface area contributed by atoms with Gasteiger partial charge in [0.05, 0.1) is 6.04 Å². The molecule has 1 aliphatic heterocycles. The van der Waals surface area contributed by atoms with Gasteiger partial charge in [0.1, 0.15) is 5.82 Å². The molecule has 1 atom stereocenters. The van der Waals surface area contributed by atoms with E-state index in [1.807, 2.05) is 31.2 Å². The summed E-state index contributed by atoms with van der Waals surface area (Å²) in [6.07, 6.45) is 4.15. The quantitative estimate of drug-likeness (QED) is 0.841. The van der Waals surface area contributed by atoms with Crippen LogP contribution in [0.25, 0.3) is 6.08 Å². The fourth-order valence-electron chi connectivity index (χ4n) is 2.68. The Morgan fingerprint density at radius 1 is 1.30 bits per heavy atom. The Hall–Kier alpha value is -2.07. The molecule has 1 heterocycles. The van der Waals surface area contributed by atoms with Gasteiger partial charge in [-0.25, -0.2) is 4.39 Å². The average Bonchev–Trinajstić information content (AvgIpc) is 2.54. The van der Waals surface area contributed by atoms with Gasteiger partial charge in [-0.2, -0.15) is 0 Å². The van der Waals surface area contributed by atoms with Crippen molar-refractivity contribution in [3.05, 3.63) is 71.0 Å². The van der Waals surface area contributed by atoms with E-state index >= 15 is 0 Å². The Balaban J connectivity index is 1.71. The molecule has 3 rings (SSSR count). The van der Waals surface area contributed by atoms with Crippen LogP contribution in [0.1, 0.15) is 29.2 Å². The minimum Gasteiger partial charge on any atom is -0.346 e. The molecular formula is C19H18FNOS. The molecule has 118 valence electrons. The molecule has 23 heavy (non-hydrogen) atoms. The van der Waals surface area contributed by atoms with Gasteiger partial charge in [-0.15, -0.1) is 11.8 Å². The predicted molar refractivity (Wildman–Crippen MR) is 92.8 cm³/mol. The molecule has 1 unspecified atom stereocenters. The number of carbonyl (C=O) groups is 1. The molecule has 4 heteroatoms. The molecule has 0 aromatic heterocycles. The molecule has 0 spiro atoms. The molecule has 2 aromatic rings. The topological polar surface area (TPSA) is 29.1 Å². The number of hydrogen-bond donors (Lipinski definition) is 1. The van der Waals surface area contributed by atoms with E-state index < -0.39 is 0 Å². The third-order valence-corrected chi connectivity index (χ3v) is 4.92. The fourth-order valence-corrected chi connectivity index (χ4v) is 3.79. The number of fused-ring (bicyclic) bond motifs is 1. The minimum atomic E-state index is -0.263. The summed E-state index contributed by atoms with van der Waals surface area (Å²) in [5, 5.41) is 2.98. The summed E-state index contributed by atoms with van der Waals surface area (Å²) in [6.45, 7) is 2.02. The van der Waals surface area contributed by atoms with Gasteiger partial charge in [-0.3, -0.25) is 4.79 Å². The number of hydrogen-bond acceptors (Lipinski definition) is 2. The van der Waals surface area contributed by atoms with E-state index in [1.165, 1.54) is 18.2 Å². The molecule has 1 amide bonds. The second-order valence-corrected chi connectivity index (χ2v) is 6.76. The monoisotopic (exact) mass is 327 g/mol. The molecule has 1 N–H and O–H groups in total. The van der Waals surface area contributed by atoms with Crippen LogP contribution in [0, 0.1) is 12.7 Å². The van der Waals surface area contributed by atoms with Crippen molar-refractivity contribution in [1.29, 1.82) is 0 Å². The summed E-state index contributed by atoms with van der Waals surface area (Å²) in [7, 11) is 0. The van der Waals surface area contributed by atoms with Crippen LogP contribution in [0.5, 0.6) is 0 Å². The zero-order valence-electron chi connectivity index (χ0n) is 12.9. The Labute approximate surface area is 139 Å². The van der Waals surface area contributed by atoms with Gasteiger partial charge in [-0.05, 0) is 48.7 Å². The third kappa shape index (κ3) is 4.02. The van der Waals surface area contributed by atoms with E-state index in [1.54, 1.807) is 23.9 Å². The summed E-state index contributed by atoms with van der Waals surface area (Å²) in [4.78, 5) is 13.2. The highest BCUT2D eigenvalue weighted by molar-refractivity contribution is 7.99. The Morgan fingerprint density at radius 3 is 3.00 bits per heavy atom. The fraction of sp³-hybridized carbons (Fsp3) is 0.211. The van der Waals surface area contributed by atoms with Crippen molar-refractivity contribution in [1.82, 2.24) is 5.32 Å². The SMILES string of the molecule is Cc1cccc(/C=C/C(=O)NC2CCSc3ccc(F)cc32)c1. The van der Waals surface area contributed by atoms with Crippen LogP contribution in [0.2, 0.25) is 0 Å². The van der Waals surface area contributed by atoms with Crippen molar-refractivity contribution in [2.24, 2.45) is 0 Å². The highest BCUT2D eigenvalue weighted by atomic mass is 32.2. The van der Waals surface area contributed by atoms with Gasteiger partial charge in [0, 0.05) is 16.7 Å². The van der Waals surface area contributed by atoms with Crippen LogP contribution >= 0.6 is 11.8 Å². The Bertz CT molecular complexity index is 757. The van der Waals surface area contributed by atoms with Crippen molar-refractivity contribution in [2.75, 3.05) is 5.75 Å². The van der Waals surface area contributed by atoms with Gasteiger partial charge in [0.2, 0.25) is 5.91 Å². The third-order valence-electron chi connectivity index (χ3n) is 3.80. The van der Waals surface area contributed by atoms with E-state index in [2.05, 4.69) is 5.32 Å². The largest absolute Gasteiger partial charge is 0.346 e. The highest BCUT2D eigenvalue weighted by Gasteiger charge is 2.22. The van der Waals surface area contributed by atoms with Crippen LogP contribution in [0.15, 0.2) is 53.4 Å². The second kappa shape index (κ2) is 7.01. The molecule has 0 aliphatic carbocycles. The van der Waals surface area contributed by atoms with Gasteiger partial charge in [0.15, 0.2) is 0 Å². The summed E-state index contributed by atoms with van der Waals surface area (Å²) < 4.78 is 13.5. The van der Waals surface area contributed by atoms with Gasteiger partial charge < -0.3 is 5.32 Å². The van der Waals surface area contributed by atoms with Crippen LogP contribution < -0.4 is 5.32 Å². The number of nitrogens with one attached hydrogen (secondary N) is 1. The molecule has 1 aliphatic rings. The first kappa shape index (κ1) is 15.8. The predicted octanol–water partition coefficient (Wildman–Crippen LogP) is 4.50. The van der Waals surface area contributed by atoms with E-state index in [4.69, 9.17) is 0 Å². The standard InChI is InChI=1S/C19H18FNOS/c1-13-3-2-4-14(11-13)5-8-19(22)21-17-9-10-23-18-7-6-15(20)12-16(17)18/h2-8,11-12,17H,9-10H2,1H3,(H,21,22)/b8-5+. The number of thioether (sulfide) groups is 1. The maximum atomic E-state index is 13.5. The van der Waals surface area contributed by atoms with Crippen molar-refractivity contribution >= 4 is 23.7 Å². The van der Waals surface area contributed by atoms with Crippen molar-refractivity contribution in [3.63, 3.8) is 0 Å². The summed E-state index contributed by atoms with van der Waals surface area (Å²) in [6, 6.07) is 12.6. The molecule has 0 bridgehead atoms. The van der Waals surface area contributed by atoms with Crippen molar-refractivity contribution in [3.8, 4) is 0 Å². The molecule has 0 radical (unpaired) electrons. The van der Waals surface area contributed by atoms with E-state index in [9.17, 15) is 9.18 Å². The van der Waals surface area contributed by atoms with Crippen LogP contribution in [0.3, 0.4) is 0 Å². The van der Waals surface area contributed by atoms with Gasteiger partial charge in [0.25, 0.3) is 0 Å². The van der Waals surface area contributed by atoms with Crippen LogP contribution in [-0.4, -0.2) is 11.7 Å². The van der Waals surface area contributed by atoms with Crippen LogP contribution in [-0.2, 0) is 4.79 Å². The zero-order valence-corrected chi connectivity index (χ0v) is 13.7. The molecule has 0 saturated heterocycles. The number of carbonyl (C=O) groups excluding carboxylic acids is 1. The maximum Gasteiger partial charge on any atom is 0.244 e. The maximum absolute atomic E-state index is 13.5. The average molecular weight is 327 g/mol. The highest BCUT2D eigenvalue weighted by Crippen LogP contribution is 2.36. The Morgan fingerprint density at radius 2 is 2.17 bits per heavy atom. The molecule has 2 aromatic carbocycles. The normalized spacial score (nSPS) is 17.0. The first-order valence-electron chi connectivity index (χ1n) is 7.59. The number of aryl methyl sites for hydroxylation is 1. The number of benzene rings is 2. The van der Waals surface area contributed by atoms with Crippen molar-refractivity contribution < 1.29 is 9.18 Å². The summed E-state index contributed by atoms with van der Waals surface area (Å²) in [5.74, 6) is 0.505. The summed E-state index contributed by atoms with van der Waals surface area (Å²) >= 11 is 1.70. The van der Waals surface area contributed by atoms with Crippen molar-refractivity contribution in [2.45, 2.75) is 24.3 Å². The van der Waals surface area contributed by atoms with Crippen LogP contribution in [0.4, 0.5) is 4.39 Å². The first-order chi connectivity index (χ1) is 11.1. The van der Waals surface area contributed by atoms with Gasteiger partial charge >= 0.3 is 0 Å². The lowest BCUT2D eigenvalue weighted by molar-refractivity contribution is -0.117. The second-order valence-electron chi connectivity index (χ2n) is 5.63. The first-order valence-corrected chi connectivity index (χ1v) is 8.58.